The van der Waals surface area contributed by atoms with Crippen LogP contribution >= 0.6 is 0 Å². The number of halogens is 7. The van der Waals surface area contributed by atoms with Crippen molar-refractivity contribution in [2.24, 2.45) is 0 Å². The summed E-state index contributed by atoms with van der Waals surface area (Å²) in [5.41, 5.74) is -4.81. The molecule has 0 bridgehead atoms. The topological polar surface area (TPSA) is 40.5 Å². The molecule has 2 aliphatic rings. The van der Waals surface area contributed by atoms with Gasteiger partial charge in [-0.15, -0.1) is 0 Å². The molecule has 2 atom stereocenters. The average Bonchev–Trinajstić information content (AvgIpc) is 3.14. The Bertz CT molecular complexity index is 1030. The van der Waals surface area contributed by atoms with Gasteiger partial charge in [-0.25, -0.2) is 9.18 Å². The van der Waals surface area contributed by atoms with Crippen LogP contribution in [0, 0.1) is 0 Å². The molecule has 0 spiro atoms. The zero-order valence-electron chi connectivity index (χ0n) is 17.2. The highest BCUT2D eigenvalue weighted by Crippen LogP contribution is 2.54. The summed E-state index contributed by atoms with van der Waals surface area (Å²) < 4.78 is 93.2. The minimum absolute atomic E-state index is 0.0443. The average molecular weight is 475 g/mol. The van der Waals surface area contributed by atoms with Crippen molar-refractivity contribution in [3.8, 4) is 0 Å². The maximum absolute atomic E-state index is 14.5. The summed E-state index contributed by atoms with van der Waals surface area (Å²) >= 11 is 0. The number of likely N-dealkylation sites (tertiary alicyclic amines) is 1. The predicted molar refractivity (Wildman–Crippen MR) is 105 cm³/mol. The number of aromatic carboxylic acids is 1. The van der Waals surface area contributed by atoms with E-state index in [0.29, 0.717) is 43.1 Å². The zero-order valence-corrected chi connectivity index (χ0v) is 17.2. The van der Waals surface area contributed by atoms with Crippen LogP contribution in [0.3, 0.4) is 0 Å². The summed E-state index contributed by atoms with van der Waals surface area (Å²) in [4.78, 5) is 13.2. The minimum atomic E-state index is -6.13. The van der Waals surface area contributed by atoms with E-state index in [1.807, 2.05) is 0 Å². The molecule has 4 rings (SSSR count). The number of fused-ring (bicyclic) bond motifs is 3. The lowest BCUT2D eigenvalue weighted by Crippen LogP contribution is -2.50. The third-order valence-corrected chi connectivity index (χ3v) is 6.68. The molecule has 0 amide bonds. The largest absolute Gasteiger partial charge is 0.478 e. The van der Waals surface area contributed by atoms with Crippen LogP contribution in [-0.4, -0.2) is 40.9 Å². The van der Waals surface area contributed by atoms with Gasteiger partial charge in [0.05, 0.1) is 5.56 Å². The van der Waals surface area contributed by atoms with Crippen molar-refractivity contribution >= 4 is 5.97 Å². The smallest absolute Gasteiger partial charge is 0.435 e. The first-order valence-corrected chi connectivity index (χ1v) is 10.3. The van der Waals surface area contributed by atoms with E-state index in [1.54, 1.807) is 12.1 Å². The number of rotatable bonds is 4. The van der Waals surface area contributed by atoms with Crippen LogP contribution in [0.5, 0.6) is 0 Å². The fraction of sp³-hybridized carbons (Fsp3) is 0.435. The zero-order chi connectivity index (χ0) is 24.2. The van der Waals surface area contributed by atoms with Gasteiger partial charge in [0, 0.05) is 24.1 Å². The summed E-state index contributed by atoms with van der Waals surface area (Å²) in [5, 5.41) is 9.01. The van der Waals surface area contributed by atoms with E-state index in [-0.39, 0.29) is 23.9 Å². The Kier molecular flexibility index (Phi) is 5.71. The van der Waals surface area contributed by atoms with E-state index < -0.39 is 29.6 Å². The molecule has 2 aromatic carbocycles. The fourth-order valence-electron chi connectivity index (χ4n) is 5.04. The molecule has 3 nitrogen and oxygen atoms in total. The van der Waals surface area contributed by atoms with Crippen LogP contribution in [0.15, 0.2) is 42.5 Å². The highest BCUT2D eigenvalue weighted by atomic mass is 19.4. The maximum Gasteiger partial charge on any atom is 0.435 e. The molecule has 1 N–H and O–H groups in total. The van der Waals surface area contributed by atoms with Gasteiger partial charge in [0.15, 0.2) is 0 Å². The van der Waals surface area contributed by atoms with Gasteiger partial charge in [0.2, 0.25) is 0 Å². The summed E-state index contributed by atoms with van der Waals surface area (Å²) in [6, 6.07) is 9.03. The lowest BCUT2D eigenvalue weighted by Gasteiger charge is -2.35. The second kappa shape index (κ2) is 8.00. The molecule has 0 aromatic heterocycles. The molecule has 1 aliphatic heterocycles. The number of carbonyl (C=O) groups is 1. The molecule has 1 saturated heterocycles. The number of hydrogen-bond donors (Lipinski definition) is 1. The van der Waals surface area contributed by atoms with Crippen LogP contribution in [0.4, 0.5) is 30.7 Å². The van der Waals surface area contributed by atoms with E-state index in [2.05, 4.69) is 4.90 Å². The molecule has 33 heavy (non-hydrogen) atoms. The summed E-state index contributed by atoms with van der Waals surface area (Å²) in [5.74, 6) is -1.11. The monoisotopic (exact) mass is 475 g/mol. The Morgan fingerprint density at radius 3 is 2.15 bits per heavy atom. The highest BCUT2D eigenvalue weighted by Gasteiger charge is 2.73. The van der Waals surface area contributed by atoms with E-state index in [0.717, 1.165) is 11.6 Å². The molecule has 10 heteroatoms. The van der Waals surface area contributed by atoms with Crippen LogP contribution in [0.25, 0.3) is 0 Å². The second-order valence-corrected chi connectivity index (χ2v) is 8.54. The van der Waals surface area contributed by atoms with Gasteiger partial charge >= 0.3 is 24.0 Å². The molecule has 178 valence electrons. The first kappa shape index (κ1) is 23.5. The van der Waals surface area contributed by atoms with Gasteiger partial charge in [0.1, 0.15) is 0 Å². The number of aryl methyl sites for hydroxylation is 1. The van der Waals surface area contributed by atoms with Crippen molar-refractivity contribution in [3.05, 3.63) is 70.3 Å². The molecule has 0 radical (unpaired) electrons. The third-order valence-electron chi connectivity index (χ3n) is 6.68. The van der Waals surface area contributed by atoms with Gasteiger partial charge in [-0.2, -0.15) is 26.3 Å². The van der Waals surface area contributed by atoms with Crippen LogP contribution in [0.1, 0.15) is 51.4 Å². The molecular formula is C23H20F7NO2. The van der Waals surface area contributed by atoms with Crippen molar-refractivity contribution in [1.82, 2.24) is 4.90 Å². The number of carboxylic acid groups (broad SMARTS) is 1. The molecule has 1 aliphatic carbocycles. The molecule has 1 unspecified atom stereocenters. The summed E-state index contributed by atoms with van der Waals surface area (Å²) in [7, 11) is 0. The van der Waals surface area contributed by atoms with E-state index in [1.165, 1.54) is 18.2 Å². The first-order valence-electron chi connectivity index (χ1n) is 10.3. The van der Waals surface area contributed by atoms with E-state index in [4.69, 9.17) is 5.11 Å². The van der Waals surface area contributed by atoms with Gasteiger partial charge in [-0.1, -0.05) is 30.3 Å². The van der Waals surface area contributed by atoms with Crippen molar-refractivity contribution in [2.45, 2.75) is 55.8 Å². The van der Waals surface area contributed by atoms with Crippen molar-refractivity contribution in [1.29, 1.82) is 0 Å². The maximum atomic E-state index is 14.5. The van der Waals surface area contributed by atoms with Crippen LogP contribution < -0.4 is 0 Å². The second-order valence-electron chi connectivity index (χ2n) is 8.54. The van der Waals surface area contributed by atoms with Crippen LogP contribution in [-0.2, 0) is 18.6 Å². The van der Waals surface area contributed by atoms with Crippen LogP contribution in [0.2, 0.25) is 0 Å². The first-order chi connectivity index (χ1) is 15.3. The Hall–Kier alpha value is -2.62. The standard InChI is InChI=1S/C23H20F7NO2/c24-21(22(25,26)27,23(28,29)30)16-6-7-17-15(11-16)5-8-19-18(17)9-10-31(19)12-13-1-3-14(4-2-13)20(32)33/h1-4,6-7,11,18-19H,5,8-10,12H2,(H,32,33)/t18?,19-/m1/s1. The lowest BCUT2D eigenvalue weighted by atomic mass is 9.77. The molecule has 1 fully saturated rings. The Labute approximate surface area is 184 Å². The van der Waals surface area contributed by atoms with Gasteiger partial charge < -0.3 is 5.11 Å². The molecule has 2 aromatic rings. The number of nitrogens with zero attached hydrogens (tertiary/aromatic N) is 1. The molecule has 0 saturated carbocycles. The highest BCUT2D eigenvalue weighted by molar-refractivity contribution is 5.87. The Morgan fingerprint density at radius 2 is 1.58 bits per heavy atom. The number of benzene rings is 2. The number of carboxylic acids is 1. The lowest BCUT2D eigenvalue weighted by molar-refractivity contribution is -0.348. The van der Waals surface area contributed by atoms with Crippen molar-refractivity contribution in [3.63, 3.8) is 0 Å². The molecule has 1 heterocycles. The van der Waals surface area contributed by atoms with Crippen molar-refractivity contribution < 1.29 is 40.6 Å². The third kappa shape index (κ3) is 3.98. The van der Waals surface area contributed by atoms with Crippen molar-refractivity contribution in [2.75, 3.05) is 6.54 Å². The Balaban J connectivity index is 1.57. The number of hydrogen-bond acceptors (Lipinski definition) is 2. The van der Waals surface area contributed by atoms with Gasteiger partial charge in [0.25, 0.3) is 0 Å². The van der Waals surface area contributed by atoms with E-state index >= 15 is 0 Å². The van der Waals surface area contributed by atoms with Gasteiger partial charge in [-0.3, -0.25) is 4.90 Å². The fourth-order valence-corrected chi connectivity index (χ4v) is 5.04. The van der Waals surface area contributed by atoms with E-state index in [9.17, 15) is 35.5 Å². The molecular weight excluding hydrogens is 455 g/mol. The van der Waals surface area contributed by atoms with Gasteiger partial charge in [-0.05, 0) is 54.6 Å². The Morgan fingerprint density at radius 1 is 0.939 bits per heavy atom. The normalized spacial score (nSPS) is 21.5. The summed E-state index contributed by atoms with van der Waals surface area (Å²) in [6.45, 7) is 1.22. The predicted octanol–water partition coefficient (Wildman–Crippen LogP) is 5.98. The summed E-state index contributed by atoms with van der Waals surface area (Å²) in [6.07, 6.45) is -10.8. The number of alkyl halides is 7. The quantitative estimate of drug-likeness (QED) is 0.554. The SMILES string of the molecule is O=C(O)c1ccc(CN2CCC3c4ccc(C(F)(C(F)(F)F)C(F)(F)F)cc4CC[C@H]32)cc1. The minimum Gasteiger partial charge on any atom is -0.478 e.